The van der Waals surface area contributed by atoms with Gasteiger partial charge in [-0.25, -0.2) is 4.39 Å². The number of likely N-dealkylation sites (tertiary alicyclic amines) is 2. The van der Waals surface area contributed by atoms with Crippen LogP contribution in [0.3, 0.4) is 0 Å². The van der Waals surface area contributed by atoms with Crippen molar-refractivity contribution < 1.29 is 19.1 Å². The average Bonchev–Trinajstić information content (AvgIpc) is 3.08. The van der Waals surface area contributed by atoms with Crippen LogP contribution in [0, 0.1) is 17.2 Å². The Kier molecular flexibility index (Phi) is 4.90. The molecule has 6 heteroatoms. The Morgan fingerprint density at radius 2 is 2.16 bits per heavy atom. The Labute approximate surface area is 146 Å². The van der Waals surface area contributed by atoms with E-state index in [4.69, 9.17) is 0 Å². The number of fused-ring (bicyclic) bond motifs is 1. The molecule has 1 aromatic carbocycles. The van der Waals surface area contributed by atoms with Crippen LogP contribution in [0.25, 0.3) is 0 Å². The molecule has 0 aliphatic carbocycles. The van der Waals surface area contributed by atoms with E-state index < -0.39 is 11.4 Å². The summed E-state index contributed by atoms with van der Waals surface area (Å²) >= 11 is 0. The van der Waals surface area contributed by atoms with Crippen LogP contribution in [0.2, 0.25) is 0 Å². The number of aryl methyl sites for hydroxylation is 1. The normalized spacial score (nSPS) is 25.8. The van der Waals surface area contributed by atoms with Crippen molar-refractivity contribution in [2.75, 3.05) is 32.7 Å². The summed E-state index contributed by atoms with van der Waals surface area (Å²) in [4.78, 5) is 28.2. The van der Waals surface area contributed by atoms with Gasteiger partial charge in [-0.05, 0) is 24.1 Å². The van der Waals surface area contributed by atoms with Crippen molar-refractivity contribution in [2.45, 2.75) is 12.8 Å². The average molecular weight is 346 g/mol. The molecule has 0 spiro atoms. The largest absolute Gasteiger partial charge is 0.481 e. The van der Waals surface area contributed by atoms with E-state index in [-0.39, 0.29) is 30.6 Å². The van der Waals surface area contributed by atoms with Crippen molar-refractivity contribution in [3.8, 4) is 0 Å². The number of halogens is 1. The second kappa shape index (κ2) is 6.96. The summed E-state index contributed by atoms with van der Waals surface area (Å²) < 4.78 is 13.2. The number of hydrogen-bond acceptors (Lipinski definition) is 3. The maximum Gasteiger partial charge on any atom is 0.313 e. The van der Waals surface area contributed by atoms with E-state index in [0.717, 1.165) is 5.56 Å². The number of carboxylic acid groups (broad SMARTS) is 1. The molecule has 2 aliphatic heterocycles. The van der Waals surface area contributed by atoms with E-state index in [0.29, 0.717) is 32.6 Å². The lowest BCUT2D eigenvalue weighted by Gasteiger charge is -2.25. The lowest BCUT2D eigenvalue weighted by atomic mass is 9.81. The van der Waals surface area contributed by atoms with Crippen LogP contribution in [0.1, 0.15) is 12.0 Å². The highest BCUT2D eigenvalue weighted by Crippen LogP contribution is 2.43. The van der Waals surface area contributed by atoms with E-state index >= 15 is 0 Å². The Balaban J connectivity index is 1.62. The quantitative estimate of drug-likeness (QED) is 0.798. The van der Waals surface area contributed by atoms with Gasteiger partial charge < -0.3 is 10.0 Å². The fourth-order valence-electron chi connectivity index (χ4n) is 4.09. The zero-order valence-electron chi connectivity index (χ0n) is 14.2. The first kappa shape index (κ1) is 17.6. The van der Waals surface area contributed by atoms with Crippen LogP contribution in [0.15, 0.2) is 36.9 Å². The molecular weight excluding hydrogens is 323 g/mol. The van der Waals surface area contributed by atoms with Crippen molar-refractivity contribution in [1.82, 2.24) is 9.80 Å². The molecule has 2 aliphatic rings. The second-order valence-electron chi connectivity index (χ2n) is 7.05. The highest BCUT2D eigenvalue weighted by Gasteiger charge is 2.58. The van der Waals surface area contributed by atoms with Gasteiger partial charge in [-0.1, -0.05) is 18.2 Å². The van der Waals surface area contributed by atoms with Crippen molar-refractivity contribution in [3.63, 3.8) is 0 Å². The molecule has 1 N–H and O–H groups in total. The Bertz CT molecular complexity index is 693. The Morgan fingerprint density at radius 1 is 1.36 bits per heavy atom. The van der Waals surface area contributed by atoms with Crippen molar-refractivity contribution >= 4 is 11.9 Å². The van der Waals surface area contributed by atoms with Crippen LogP contribution in [-0.4, -0.2) is 59.5 Å². The first-order valence-corrected chi connectivity index (χ1v) is 8.53. The van der Waals surface area contributed by atoms with Gasteiger partial charge in [0.25, 0.3) is 0 Å². The van der Waals surface area contributed by atoms with Gasteiger partial charge in [0.2, 0.25) is 5.91 Å². The number of nitrogens with zero attached hydrogens (tertiary/aromatic N) is 2. The number of carbonyl (C=O) groups is 2. The molecule has 2 atom stereocenters. The third-order valence-electron chi connectivity index (χ3n) is 5.36. The zero-order chi connectivity index (χ0) is 18.0. The van der Waals surface area contributed by atoms with Gasteiger partial charge in [0, 0.05) is 45.1 Å². The van der Waals surface area contributed by atoms with E-state index in [1.165, 1.54) is 12.1 Å². The van der Waals surface area contributed by atoms with Crippen LogP contribution in [0.5, 0.6) is 0 Å². The molecule has 1 amide bonds. The topological polar surface area (TPSA) is 60.9 Å². The van der Waals surface area contributed by atoms with Gasteiger partial charge >= 0.3 is 5.97 Å². The van der Waals surface area contributed by atoms with Crippen LogP contribution < -0.4 is 0 Å². The number of carbonyl (C=O) groups excluding carboxylic acids is 1. The van der Waals surface area contributed by atoms with Crippen LogP contribution in [-0.2, 0) is 16.0 Å². The predicted octanol–water partition coefficient (Wildman–Crippen LogP) is 1.79. The molecule has 3 rings (SSSR count). The van der Waals surface area contributed by atoms with Crippen molar-refractivity contribution in [2.24, 2.45) is 11.3 Å². The molecular formula is C19H23FN2O3. The molecule has 2 saturated heterocycles. The summed E-state index contributed by atoms with van der Waals surface area (Å²) in [6.45, 7) is 6.22. The minimum absolute atomic E-state index is 0.0527. The maximum absolute atomic E-state index is 13.2. The van der Waals surface area contributed by atoms with Gasteiger partial charge in [-0.15, -0.1) is 6.58 Å². The van der Waals surface area contributed by atoms with Crippen molar-refractivity contribution in [3.05, 3.63) is 48.3 Å². The Hall–Kier alpha value is -2.21. The van der Waals surface area contributed by atoms with Gasteiger partial charge in [0.05, 0.1) is 0 Å². The highest BCUT2D eigenvalue weighted by atomic mass is 19.1. The molecule has 0 radical (unpaired) electrons. The molecule has 25 heavy (non-hydrogen) atoms. The van der Waals surface area contributed by atoms with Gasteiger partial charge in [0.1, 0.15) is 11.2 Å². The highest BCUT2D eigenvalue weighted by molar-refractivity contribution is 5.81. The molecule has 2 heterocycles. The first-order valence-electron chi connectivity index (χ1n) is 8.53. The summed E-state index contributed by atoms with van der Waals surface area (Å²) in [5.74, 6) is -1.25. The number of carboxylic acids is 1. The summed E-state index contributed by atoms with van der Waals surface area (Å²) in [5, 5.41) is 9.77. The molecule has 0 unspecified atom stereocenters. The third-order valence-corrected chi connectivity index (χ3v) is 5.36. The lowest BCUT2D eigenvalue weighted by molar-refractivity contribution is -0.149. The summed E-state index contributed by atoms with van der Waals surface area (Å²) in [7, 11) is 0. The number of aliphatic carboxylic acids is 1. The van der Waals surface area contributed by atoms with Crippen molar-refractivity contribution in [1.29, 1.82) is 0 Å². The standard InChI is InChI=1S/C19H23FN2O3/c1-2-8-21-10-15-11-22(13-19(15,12-21)18(24)25)17(23)7-6-14-4-3-5-16(20)9-14/h2-5,9,15H,1,6-8,10-13H2,(H,24,25)/t15-,19-/m1/s1. The molecule has 5 nitrogen and oxygen atoms in total. The first-order chi connectivity index (χ1) is 11.9. The van der Waals surface area contributed by atoms with E-state index in [1.54, 1.807) is 23.1 Å². The number of benzene rings is 1. The minimum atomic E-state index is -0.877. The fraction of sp³-hybridized carbons (Fsp3) is 0.474. The van der Waals surface area contributed by atoms with E-state index in [1.807, 2.05) is 0 Å². The monoisotopic (exact) mass is 346 g/mol. The lowest BCUT2D eigenvalue weighted by Crippen LogP contribution is -2.42. The minimum Gasteiger partial charge on any atom is -0.481 e. The predicted molar refractivity (Wildman–Crippen MR) is 91.5 cm³/mol. The second-order valence-corrected chi connectivity index (χ2v) is 7.05. The number of rotatable bonds is 6. The number of amides is 1. The molecule has 1 aromatic rings. The van der Waals surface area contributed by atoms with Crippen LogP contribution >= 0.6 is 0 Å². The van der Waals surface area contributed by atoms with Gasteiger partial charge in [-0.2, -0.15) is 0 Å². The fourth-order valence-corrected chi connectivity index (χ4v) is 4.09. The molecule has 0 aromatic heterocycles. The maximum atomic E-state index is 13.2. The molecule has 0 bridgehead atoms. The molecule has 0 saturated carbocycles. The smallest absolute Gasteiger partial charge is 0.313 e. The summed E-state index contributed by atoms with van der Waals surface area (Å²) in [5.41, 5.74) is -0.102. The summed E-state index contributed by atoms with van der Waals surface area (Å²) in [6.07, 6.45) is 2.50. The van der Waals surface area contributed by atoms with E-state index in [2.05, 4.69) is 11.5 Å². The Morgan fingerprint density at radius 3 is 2.80 bits per heavy atom. The van der Waals surface area contributed by atoms with Gasteiger partial charge in [-0.3, -0.25) is 14.5 Å². The summed E-state index contributed by atoms with van der Waals surface area (Å²) in [6, 6.07) is 6.22. The molecule has 134 valence electrons. The van der Waals surface area contributed by atoms with E-state index in [9.17, 15) is 19.1 Å². The number of hydrogen-bond donors (Lipinski definition) is 1. The molecule has 2 fully saturated rings. The SMILES string of the molecule is C=CCN1C[C@@H]2CN(C(=O)CCc3cccc(F)c3)C[C@]2(C(=O)O)C1. The van der Waals surface area contributed by atoms with Crippen LogP contribution in [0.4, 0.5) is 4.39 Å². The zero-order valence-corrected chi connectivity index (χ0v) is 14.2. The van der Waals surface area contributed by atoms with Gasteiger partial charge in [0.15, 0.2) is 0 Å². The third kappa shape index (κ3) is 3.44.